The Hall–Kier alpha value is -6.16. The van der Waals surface area contributed by atoms with Gasteiger partial charge in [0.15, 0.2) is 25.6 Å². The van der Waals surface area contributed by atoms with Crippen molar-refractivity contribution in [2.75, 3.05) is 9.80 Å². The van der Waals surface area contributed by atoms with E-state index in [-0.39, 0.29) is 0 Å². The molecule has 0 aliphatic rings. The molecule has 0 spiro atoms. The van der Waals surface area contributed by atoms with Gasteiger partial charge in [-0.1, -0.05) is 48.5 Å². The number of fused-ring (bicyclic) bond motifs is 2. The summed E-state index contributed by atoms with van der Waals surface area (Å²) >= 11 is 0. The predicted molar refractivity (Wildman–Crippen MR) is 157 cm³/mol. The predicted octanol–water partition coefficient (Wildman–Crippen LogP) is 8.63. The van der Waals surface area contributed by atoms with Gasteiger partial charge in [-0.2, -0.15) is 0 Å². The van der Waals surface area contributed by atoms with Gasteiger partial charge in [0.05, 0.1) is 36.2 Å². The average molecular weight is 551 g/mol. The zero-order valence-electron chi connectivity index (χ0n) is 21.7. The lowest BCUT2D eigenvalue weighted by molar-refractivity contribution is 0.532. The summed E-state index contributed by atoms with van der Waals surface area (Å²) in [4.78, 5) is 20.3. The Morgan fingerprint density at radius 3 is 1.05 bits per heavy atom. The first-order valence-electron chi connectivity index (χ1n) is 13.1. The maximum absolute atomic E-state index is 5.72. The Balaban J connectivity index is 1.35. The van der Waals surface area contributed by atoms with Gasteiger partial charge in [-0.15, -0.1) is 0 Å². The molecular formula is C32H18N6O4. The number of hydrogen-bond donors (Lipinski definition) is 0. The molecule has 200 valence electrons. The van der Waals surface area contributed by atoms with E-state index in [1.54, 1.807) is 24.8 Å². The van der Waals surface area contributed by atoms with Crippen molar-refractivity contribution in [1.82, 2.24) is 19.9 Å². The second kappa shape index (κ2) is 8.67. The van der Waals surface area contributed by atoms with E-state index in [1.165, 1.54) is 25.6 Å². The van der Waals surface area contributed by atoms with Gasteiger partial charge >= 0.3 is 0 Å². The van der Waals surface area contributed by atoms with Crippen molar-refractivity contribution >= 4 is 78.0 Å². The molecule has 5 aromatic carbocycles. The van der Waals surface area contributed by atoms with Crippen LogP contribution in [0.25, 0.3) is 43.1 Å². The Morgan fingerprint density at radius 2 is 0.714 bits per heavy atom. The first-order chi connectivity index (χ1) is 20.9. The third-order valence-corrected chi connectivity index (χ3v) is 7.66. The Bertz CT molecular complexity index is 2060. The lowest BCUT2D eigenvalue weighted by atomic mass is 9.88. The number of oxazole rings is 4. The molecule has 0 N–H and O–H groups in total. The second-order valence-corrected chi connectivity index (χ2v) is 9.75. The van der Waals surface area contributed by atoms with Crippen LogP contribution >= 0.6 is 0 Å². The SMILES string of the molecule is c1cc2c(N(c3cnco3)c3cnco3)ccc3c4ccc(N(c5cnco5)c5cnco5)c5cccc(c(c1)c23)c54. The molecule has 0 unspecified atom stereocenters. The summed E-state index contributed by atoms with van der Waals surface area (Å²) in [6.07, 6.45) is 12.2. The summed E-state index contributed by atoms with van der Waals surface area (Å²) in [5.74, 6) is 2.09. The van der Waals surface area contributed by atoms with E-state index in [2.05, 4.69) is 80.6 Å². The number of rotatable bonds is 6. The third-order valence-electron chi connectivity index (χ3n) is 7.66. The van der Waals surface area contributed by atoms with Crippen molar-refractivity contribution in [2.45, 2.75) is 0 Å². The van der Waals surface area contributed by atoms with Crippen LogP contribution in [-0.2, 0) is 0 Å². The lowest BCUT2D eigenvalue weighted by Gasteiger charge is -2.24. The molecule has 0 saturated heterocycles. The van der Waals surface area contributed by atoms with Gasteiger partial charge in [-0.3, -0.25) is 0 Å². The number of nitrogens with zero attached hydrogens (tertiary/aromatic N) is 6. The smallest absolute Gasteiger partial charge is 0.227 e. The van der Waals surface area contributed by atoms with Gasteiger partial charge in [0, 0.05) is 10.8 Å². The van der Waals surface area contributed by atoms with E-state index >= 15 is 0 Å². The highest BCUT2D eigenvalue weighted by atomic mass is 16.4. The van der Waals surface area contributed by atoms with Gasteiger partial charge < -0.3 is 17.7 Å². The molecule has 0 saturated carbocycles. The van der Waals surface area contributed by atoms with E-state index in [0.29, 0.717) is 23.5 Å². The van der Waals surface area contributed by atoms with Gasteiger partial charge in [0.1, 0.15) is 0 Å². The maximum atomic E-state index is 5.72. The van der Waals surface area contributed by atoms with Crippen LogP contribution < -0.4 is 9.80 Å². The van der Waals surface area contributed by atoms with Crippen molar-refractivity contribution in [1.29, 1.82) is 0 Å². The molecule has 0 amide bonds. The fourth-order valence-electron chi connectivity index (χ4n) is 6.04. The monoisotopic (exact) mass is 550 g/mol. The minimum atomic E-state index is 0.523. The Morgan fingerprint density at radius 1 is 0.381 bits per heavy atom. The van der Waals surface area contributed by atoms with Crippen LogP contribution in [0.15, 0.2) is 129 Å². The summed E-state index contributed by atoms with van der Waals surface area (Å²) in [6, 6.07) is 21.2. The molecule has 0 fully saturated rings. The molecule has 0 aliphatic carbocycles. The molecule has 0 radical (unpaired) electrons. The zero-order valence-corrected chi connectivity index (χ0v) is 21.7. The molecule has 42 heavy (non-hydrogen) atoms. The summed E-state index contributed by atoms with van der Waals surface area (Å²) in [5.41, 5.74) is 1.77. The molecule has 9 rings (SSSR count). The van der Waals surface area contributed by atoms with Crippen LogP contribution in [0.1, 0.15) is 0 Å². The van der Waals surface area contributed by atoms with E-state index < -0.39 is 0 Å². The van der Waals surface area contributed by atoms with Crippen LogP contribution in [0.3, 0.4) is 0 Å². The molecule has 0 atom stereocenters. The minimum Gasteiger partial charge on any atom is -0.427 e. The highest BCUT2D eigenvalue weighted by Crippen LogP contribution is 2.48. The summed E-state index contributed by atoms with van der Waals surface area (Å²) in [5, 5.41) is 8.84. The van der Waals surface area contributed by atoms with Crippen molar-refractivity contribution in [3.05, 3.63) is 111 Å². The normalized spacial score (nSPS) is 11.8. The van der Waals surface area contributed by atoms with Crippen molar-refractivity contribution in [2.24, 2.45) is 0 Å². The molecular weight excluding hydrogens is 532 g/mol. The van der Waals surface area contributed by atoms with Gasteiger partial charge in [-0.05, 0) is 44.5 Å². The first-order valence-corrected chi connectivity index (χ1v) is 13.1. The number of hydrogen-bond acceptors (Lipinski definition) is 10. The van der Waals surface area contributed by atoms with E-state index in [4.69, 9.17) is 17.7 Å². The highest BCUT2D eigenvalue weighted by molar-refractivity contribution is 6.35. The fourth-order valence-corrected chi connectivity index (χ4v) is 6.04. The Kier molecular flexibility index (Phi) is 4.67. The van der Waals surface area contributed by atoms with Crippen LogP contribution in [0, 0.1) is 0 Å². The maximum Gasteiger partial charge on any atom is 0.227 e. The highest BCUT2D eigenvalue weighted by Gasteiger charge is 2.25. The van der Waals surface area contributed by atoms with Crippen LogP contribution in [0.4, 0.5) is 34.9 Å². The van der Waals surface area contributed by atoms with Crippen molar-refractivity contribution < 1.29 is 17.7 Å². The number of aromatic nitrogens is 4. The van der Waals surface area contributed by atoms with Gasteiger partial charge in [0.2, 0.25) is 23.5 Å². The summed E-state index contributed by atoms with van der Waals surface area (Å²) < 4.78 is 22.9. The summed E-state index contributed by atoms with van der Waals surface area (Å²) in [7, 11) is 0. The topological polar surface area (TPSA) is 111 Å². The largest absolute Gasteiger partial charge is 0.427 e. The molecule has 4 heterocycles. The van der Waals surface area contributed by atoms with Gasteiger partial charge in [0.25, 0.3) is 0 Å². The number of benzene rings is 5. The molecule has 9 aromatic rings. The van der Waals surface area contributed by atoms with E-state index in [1.807, 2.05) is 9.80 Å². The minimum absolute atomic E-state index is 0.523. The molecule has 10 heteroatoms. The lowest BCUT2D eigenvalue weighted by Crippen LogP contribution is -2.09. The van der Waals surface area contributed by atoms with Crippen molar-refractivity contribution in [3.63, 3.8) is 0 Å². The number of anilines is 6. The first kappa shape index (κ1) is 22.6. The molecule has 10 nitrogen and oxygen atoms in total. The van der Waals surface area contributed by atoms with E-state index in [9.17, 15) is 0 Å². The zero-order chi connectivity index (χ0) is 27.6. The third kappa shape index (κ3) is 3.14. The second-order valence-electron chi connectivity index (χ2n) is 9.75. The average Bonchev–Trinajstić information content (AvgIpc) is 3.87. The van der Waals surface area contributed by atoms with Crippen LogP contribution in [-0.4, -0.2) is 19.9 Å². The molecule has 0 aliphatic heterocycles. The van der Waals surface area contributed by atoms with Crippen molar-refractivity contribution in [3.8, 4) is 0 Å². The summed E-state index contributed by atoms with van der Waals surface area (Å²) in [6.45, 7) is 0. The van der Waals surface area contributed by atoms with Gasteiger partial charge in [-0.25, -0.2) is 29.7 Å². The quantitative estimate of drug-likeness (QED) is 0.147. The fraction of sp³-hybridized carbons (Fsp3) is 0. The van der Waals surface area contributed by atoms with Crippen LogP contribution in [0.2, 0.25) is 0 Å². The molecule has 4 aromatic heterocycles. The standard InChI is InChI=1S/C32H18N6O4/c1-3-19-20-4-2-6-24-26(38(29-13-35-17-41-29)30-14-36-18-42-30)10-8-22(32(20)24)21-7-9-25(23(5-1)31(19)21)37(27-11-33-15-39-27)28-12-34-16-40-28/h1-18H. The molecule has 0 bridgehead atoms. The Labute approximate surface area is 236 Å². The van der Waals surface area contributed by atoms with Crippen LogP contribution in [0.5, 0.6) is 0 Å². The van der Waals surface area contributed by atoms with E-state index in [0.717, 1.165) is 54.5 Å².